The highest BCUT2D eigenvalue weighted by Gasteiger charge is 2.65. The van der Waals surface area contributed by atoms with Gasteiger partial charge in [0.2, 0.25) is 0 Å². The average molecular weight is 371 g/mol. The summed E-state index contributed by atoms with van der Waals surface area (Å²) in [6, 6.07) is 0. The summed E-state index contributed by atoms with van der Waals surface area (Å²) in [5.41, 5.74) is 2.36. The number of aromatic nitrogens is 2. The first kappa shape index (κ1) is 17.9. The molecule has 3 fully saturated rings. The lowest BCUT2D eigenvalue weighted by atomic mass is 9.45. The Morgan fingerprint density at radius 1 is 1.04 bits per heavy atom. The molecular formula is C23H34N2O2. The van der Waals surface area contributed by atoms with Gasteiger partial charge in [-0.2, -0.15) is 0 Å². The number of nitrogens with zero attached hydrogens (tertiary/aromatic N) is 2. The summed E-state index contributed by atoms with van der Waals surface area (Å²) in [7, 11) is 0. The maximum atomic E-state index is 13.6. The summed E-state index contributed by atoms with van der Waals surface area (Å²) >= 11 is 0. The standard InChI is InChI=1S/C23H34N2O2/c1-5-23(6-2)12-17-15-8-7-14-11-18-19(25-27-24-18)13-22(14,4)16(15)9-10-21(17,3)20(23)26/h14-17H,5-13H2,1-4H3/t14-,15?,16?,17?,21?,22?/m0/s1. The SMILES string of the molecule is CCC1(CC)CC2C3CC[C@H]4Cc5nonc5CC4(C)C3CCC2(C)C1=O. The van der Waals surface area contributed by atoms with Crippen LogP contribution in [0.15, 0.2) is 4.63 Å². The number of rotatable bonds is 2. The summed E-state index contributed by atoms with van der Waals surface area (Å²) in [4.78, 5) is 13.6. The van der Waals surface area contributed by atoms with Crippen LogP contribution in [0.5, 0.6) is 0 Å². The molecule has 4 aliphatic rings. The molecule has 27 heavy (non-hydrogen) atoms. The van der Waals surface area contributed by atoms with Gasteiger partial charge in [-0.25, -0.2) is 4.63 Å². The molecular weight excluding hydrogens is 336 g/mol. The number of hydrogen-bond acceptors (Lipinski definition) is 4. The summed E-state index contributed by atoms with van der Waals surface area (Å²) < 4.78 is 5.07. The summed E-state index contributed by atoms with van der Waals surface area (Å²) in [6.45, 7) is 9.30. The zero-order valence-electron chi connectivity index (χ0n) is 17.4. The first-order chi connectivity index (χ1) is 12.9. The Morgan fingerprint density at radius 2 is 1.78 bits per heavy atom. The minimum absolute atomic E-state index is 0.0537. The molecule has 0 bridgehead atoms. The van der Waals surface area contributed by atoms with Gasteiger partial charge in [0.05, 0.1) is 0 Å². The molecule has 1 aromatic rings. The van der Waals surface area contributed by atoms with E-state index in [0.29, 0.717) is 29.0 Å². The van der Waals surface area contributed by atoms with Gasteiger partial charge in [-0.15, -0.1) is 0 Å². The van der Waals surface area contributed by atoms with Gasteiger partial charge in [0, 0.05) is 17.3 Å². The maximum absolute atomic E-state index is 13.6. The molecule has 0 N–H and O–H groups in total. The fourth-order valence-electron chi connectivity index (χ4n) is 8.21. The number of carbonyl (C=O) groups excluding carboxylic acids is 1. The van der Waals surface area contributed by atoms with Crippen molar-refractivity contribution in [2.75, 3.05) is 0 Å². The van der Waals surface area contributed by atoms with Gasteiger partial charge < -0.3 is 0 Å². The summed E-state index contributed by atoms with van der Waals surface area (Å²) in [5, 5.41) is 8.40. The highest BCUT2D eigenvalue weighted by Crippen LogP contribution is 2.68. The second kappa shape index (κ2) is 5.67. The van der Waals surface area contributed by atoms with Gasteiger partial charge in [0.1, 0.15) is 17.2 Å². The lowest BCUT2D eigenvalue weighted by Gasteiger charge is -2.58. The van der Waals surface area contributed by atoms with Gasteiger partial charge in [0.25, 0.3) is 0 Å². The van der Waals surface area contributed by atoms with Crippen molar-refractivity contribution < 1.29 is 9.42 Å². The van der Waals surface area contributed by atoms with E-state index in [9.17, 15) is 4.79 Å². The molecule has 0 spiro atoms. The molecule has 4 nitrogen and oxygen atoms in total. The average Bonchev–Trinajstić information content (AvgIpc) is 3.20. The third kappa shape index (κ3) is 2.13. The molecule has 0 amide bonds. The second-order valence-corrected chi connectivity index (χ2v) is 10.7. The lowest BCUT2D eigenvalue weighted by molar-refractivity contribution is -0.141. The van der Waals surface area contributed by atoms with E-state index >= 15 is 0 Å². The predicted molar refractivity (Wildman–Crippen MR) is 103 cm³/mol. The van der Waals surface area contributed by atoms with Gasteiger partial charge in [-0.1, -0.05) is 38.0 Å². The van der Waals surface area contributed by atoms with Crippen LogP contribution in [0.3, 0.4) is 0 Å². The van der Waals surface area contributed by atoms with Crippen molar-refractivity contribution in [2.24, 2.45) is 39.9 Å². The van der Waals surface area contributed by atoms with Crippen molar-refractivity contribution in [1.29, 1.82) is 0 Å². The third-order valence-corrected chi connectivity index (χ3v) is 10.0. The van der Waals surface area contributed by atoms with Crippen LogP contribution in [0, 0.1) is 39.9 Å². The van der Waals surface area contributed by atoms with Crippen molar-refractivity contribution in [3.8, 4) is 0 Å². The van der Waals surface area contributed by atoms with Crippen LogP contribution in [0.25, 0.3) is 0 Å². The molecule has 4 heteroatoms. The highest BCUT2D eigenvalue weighted by atomic mass is 16.6. The van der Waals surface area contributed by atoms with Gasteiger partial charge in [-0.05, 0) is 80.5 Å². The normalized spacial score (nSPS) is 45.0. The smallest absolute Gasteiger partial charge is 0.145 e. The van der Waals surface area contributed by atoms with E-state index in [1.165, 1.54) is 19.3 Å². The number of ketones is 1. The van der Waals surface area contributed by atoms with Crippen LogP contribution in [0.4, 0.5) is 0 Å². The van der Waals surface area contributed by atoms with Crippen molar-refractivity contribution in [2.45, 2.75) is 85.5 Å². The molecule has 5 rings (SSSR count). The summed E-state index contributed by atoms with van der Waals surface area (Å²) in [6.07, 6.45) is 10.1. The number of fused-ring (bicyclic) bond motifs is 6. The Morgan fingerprint density at radius 3 is 2.52 bits per heavy atom. The molecule has 4 aliphatic carbocycles. The molecule has 148 valence electrons. The number of carbonyl (C=O) groups is 1. The number of Topliss-reactive ketones (excluding diaryl/α,β-unsaturated/α-hetero) is 1. The van der Waals surface area contributed by atoms with Gasteiger partial charge in [0.15, 0.2) is 0 Å². The van der Waals surface area contributed by atoms with E-state index < -0.39 is 0 Å². The molecule has 0 aliphatic heterocycles. The van der Waals surface area contributed by atoms with Gasteiger partial charge >= 0.3 is 0 Å². The minimum atomic E-state index is -0.0777. The van der Waals surface area contributed by atoms with Crippen LogP contribution >= 0.6 is 0 Å². The van der Waals surface area contributed by atoms with E-state index in [2.05, 4.69) is 38.0 Å². The van der Waals surface area contributed by atoms with E-state index in [1.54, 1.807) is 0 Å². The third-order valence-electron chi connectivity index (χ3n) is 10.0. The number of hydrogen-bond donors (Lipinski definition) is 0. The fraction of sp³-hybridized carbons (Fsp3) is 0.870. The first-order valence-corrected chi connectivity index (χ1v) is 11.2. The van der Waals surface area contributed by atoms with Crippen LogP contribution in [0.2, 0.25) is 0 Å². The van der Waals surface area contributed by atoms with Crippen LogP contribution in [0.1, 0.15) is 84.0 Å². The molecule has 0 radical (unpaired) electrons. The molecule has 5 unspecified atom stereocenters. The Kier molecular flexibility index (Phi) is 3.75. The van der Waals surface area contributed by atoms with Crippen LogP contribution in [-0.4, -0.2) is 16.1 Å². The molecule has 1 aromatic heterocycles. The van der Waals surface area contributed by atoms with Crippen molar-refractivity contribution >= 4 is 5.78 Å². The van der Waals surface area contributed by atoms with E-state index in [-0.39, 0.29) is 10.8 Å². The quantitative estimate of drug-likeness (QED) is 0.734. The fourth-order valence-corrected chi connectivity index (χ4v) is 8.21. The Hall–Kier alpha value is -1.19. The predicted octanol–water partition coefficient (Wildman–Crippen LogP) is 5.01. The monoisotopic (exact) mass is 370 g/mol. The zero-order valence-corrected chi connectivity index (χ0v) is 17.4. The van der Waals surface area contributed by atoms with Crippen molar-refractivity contribution in [3.05, 3.63) is 11.4 Å². The van der Waals surface area contributed by atoms with Crippen molar-refractivity contribution in [3.63, 3.8) is 0 Å². The second-order valence-electron chi connectivity index (χ2n) is 10.7. The zero-order chi connectivity index (χ0) is 19.0. The van der Waals surface area contributed by atoms with Crippen LogP contribution < -0.4 is 0 Å². The minimum Gasteiger partial charge on any atom is -0.298 e. The topological polar surface area (TPSA) is 56.0 Å². The van der Waals surface area contributed by atoms with E-state index in [4.69, 9.17) is 4.63 Å². The van der Waals surface area contributed by atoms with Gasteiger partial charge in [-0.3, -0.25) is 4.79 Å². The largest absolute Gasteiger partial charge is 0.298 e. The Labute approximate surface area is 162 Å². The highest BCUT2D eigenvalue weighted by molar-refractivity contribution is 5.92. The molecule has 1 heterocycles. The maximum Gasteiger partial charge on any atom is 0.145 e. The molecule has 6 atom stereocenters. The molecule has 3 saturated carbocycles. The lowest BCUT2D eigenvalue weighted by Crippen LogP contribution is -2.54. The Bertz CT molecular complexity index is 766. The van der Waals surface area contributed by atoms with E-state index in [0.717, 1.165) is 55.8 Å². The summed E-state index contributed by atoms with van der Waals surface area (Å²) in [5.74, 6) is 3.30. The Balaban J connectivity index is 1.51. The van der Waals surface area contributed by atoms with Crippen molar-refractivity contribution in [1.82, 2.24) is 10.3 Å². The van der Waals surface area contributed by atoms with Crippen LogP contribution in [-0.2, 0) is 17.6 Å². The molecule has 0 saturated heterocycles. The van der Waals surface area contributed by atoms with E-state index in [1.807, 2.05) is 0 Å². The first-order valence-electron chi connectivity index (χ1n) is 11.2. The molecule has 0 aromatic carbocycles.